The van der Waals surface area contributed by atoms with E-state index in [-0.39, 0.29) is 11.9 Å². The Balaban J connectivity index is 1.28. The van der Waals surface area contributed by atoms with Crippen LogP contribution in [0.15, 0.2) is 24.4 Å². The number of nitrogens with one attached hydrogen (secondary N) is 1. The van der Waals surface area contributed by atoms with Crippen LogP contribution in [-0.4, -0.2) is 42.3 Å². The fraction of sp³-hybridized carbons (Fsp3) is 0.565. The second kappa shape index (κ2) is 8.20. The highest BCUT2D eigenvalue weighted by Gasteiger charge is 2.34. The van der Waals surface area contributed by atoms with E-state index >= 15 is 0 Å². The summed E-state index contributed by atoms with van der Waals surface area (Å²) in [6.45, 7) is 3.65. The van der Waals surface area contributed by atoms with Crippen LogP contribution in [0.4, 0.5) is 0 Å². The number of amides is 1. The highest BCUT2D eigenvalue weighted by molar-refractivity contribution is 5.92. The van der Waals surface area contributed by atoms with E-state index in [0.717, 1.165) is 55.1 Å². The van der Waals surface area contributed by atoms with Gasteiger partial charge in [-0.3, -0.25) is 9.48 Å². The van der Waals surface area contributed by atoms with Crippen LogP contribution in [0.3, 0.4) is 0 Å². The van der Waals surface area contributed by atoms with Crippen molar-refractivity contribution in [3.63, 3.8) is 0 Å². The molecule has 5 rings (SSSR count). The summed E-state index contributed by atoms with van der Waals surface area (Å²) in [4.78, 5) is 23.3. The van der Waals surface area contributed by atoms with Crippen molar-refractivity contribution in [3.05, 3.63) is 41.5 Å². The summed E-state index contributed by atoms with van der Waals surface area (Å²) in [5, 5.41) is 8.43. The molecule has 0 unspecified atom stereocenters. The van der Waals surface area contributed by atoms with Gasteiger partial charge < -0.3 is 9.88 Å². The van der Waals surface area contributed by atoms with Crippen molar-refractivity contribution >= 4 is 16.9 Å². The lowest BCUT2D eigenvalue weighted by Crippen LogP contribution is -2.31. The van der Waals surface area contributed by atoms with Crippen LogP contribution in [0.5, 0.6) is 0 Å². The Morgan fingerprint density at radius 1 is 1.17 bits per heavy atom. The van der Waals surface area contributed by atoms with Gasteiger partial charge in [-0.1, -0.05) is 43.4 Å². The highest BCUT2D eigenvalue weighted by Crippen LogP contribution is 2.32. The molecule has 2 aromatic heterocycles. The zero-order valence-corrected chi connectivity index (χ0v) is 17.7. The van der Waals surface area contributed by atoms with Crippen LogP contribution < -0.4 is 0 Å². The van der Waals surface area contributed by atoms with Gasteiger partial charge in [-0.15, -0.1) is 5.10 Å². The summed E-state index contributed by atoms with van der Waals surface area (Å²) in [5.74, 6) is 1.62. The smallest absolute Gasteiger partial charge is 0.276 e. The Bertz CT molecular complexity index is 1030. The molecule has 1 amide bonds. The summed E-state index contributed by atoms with van der Waals surface area (Å²) in [5.41, 5.74) is 3.61. The van der Waals surface area contributed by atoms with Crippen LogP contribution in [0.2, 0.25) is 0 Å². The second-order valence-corrected chi connectivity index (χ2v) is 8.96. The van der Waals surface area contributed by atoms with E-state index in [1.54, 1.807) is 0 Å². The second-order valence-electron chi connectivity index (χ2n) is 8.96. The number of hydrogen-bond acceptors (Lipinski definition) is 4. The molecule has 1 aromatic carbocycles. The van der Waals surface area contributed by atoms with Crippen molar-refractivity contribution < 1.29 is 4.79 Å². The number of aromatic amines is 1. The summed E-state index contributed by atoms with van der Waals surface area (Å²) in [7, 11) is 0. The third-order valence-corrected chi connectivity index (χ3v) is 6.73. The zero-order valence-electron chi connectivity index (χ0n) is 17.7. The number of likely N-dealkylation sites (tertiary alicyclic amines) is 1. The topological polar surface area (TPSA) is 79.7 Å². The number of imidazole rings is 1. The molecule has 2 fully saturated rings. The molecule has 3 aromatic rings. The molecule has 1 aliphatic heterocycles. The molecule has 1 N–H and O–H groups in total. The van der Waals surface area contributed by atoms with Crippen LogP contribution in [0.1, 0.15) is 79.3 Å². The highest BCUT2D eigenvalue weighted by atomic mass is 16.2. The number of aryl methyl sites for hydroxylation is 2. The lowest BCUT2D eigenvalue weighted by Gasteiger charge is -2.22. The minimum absolute atomic E-state index is 0.0300. The third kappa shape index (κ3) is 3.85. The molecule has 30 heavy (non-hydrogen) atoms. The van der Waals surface area contributed by atoms with E-state index in [0.29, 0.717) is 5.69 Å². The van der Waals surface area contributed by atoms with E-state index in [1.165, 1.54) is 37.7 Å². The minimum Gasteiger partial charge on any atom is -0.340 e. The number of aromatic nitrogens is 5. The van der Waals surface area contributed by atoms with Gasteiger partial charge >= 0.3 is 0 Å². The van der Waals surface area contributed by atoms with Gasteiger partial charge in [0.25, 0.3) is 5.91 Å². The maximum Gasteiger partial charge on any atom is 0.276 e. The van der Waals surface area contributed by atoms with E-state index < -0.39 is 0 Å². The Labute approximate surface area is 176 Å². The van der Waals surface area contributed by atoms with Gasteiger partial charge in [0.1, 0.15) is 5.82 Å². The first-order valence-electron chi connectivity index (χ1n) is 11.3. The van der Waals surface area contributed by atoms with Gasteiger partial charge in [-0.2, -0.15) is 0 Å². The molecule has 1 saturated heterocycles. The van der Waals surface area contributed by atoms with Gasteiger partial charge in [-0.05, 0) is 49.8 Å². The van der Waals surface area contributed by atoms with E-state index in [9.17, 15) is 4.79 Å². The quantitative estimate of drug-likeness (QED) is 0.681. The van der Waals surface area contributed by atoms with Crippen LogP contribution in [-0.2, 0) is 6.54 Å². The maximum absolute atomic E-state index is 13.2. The molecule has 3 heterocycles. The SMILES string of the molecule is Cc1ccc2nc([C@H]3CCCN3C(=O)c3cn(CCC4CCCCC4)nn3)[nH]c2c1. The summed E-state index contributed by atoms with van der Waals surface area (Å²) < 4.78 is 1.84. The molecule has 0 bridgehead atoms. The molecule has 7 heteroatoms. The number of nitrogens with zero attached hydrogens (tertiary/aromatic N) is 5. The van der Waals surface area contributed by atoms with Crippen molar-refractivity contribution in [3.8, 4) is 0 Å². The molecule has 0 spiro atoms. The maximum atomic E-state index is 13.2. The van der Waals surface area contributed by atoms with Crippen molar-refractivity contribution in [2.75, 3.05) is 6.54 Å². The average Bonchev–Trinajstić information content (AvgIpc) is 3.50. The predicted molar refractivity (Wildman–Crippen MR) is 115 cm³/mol. The van der Waals surface area contributed by atoms with Crippen molar-refractivity contribution in [2.45, 2.75) is 70.9 Å². The minimum atomic E-state index is -0.0435. The molecule has 1 aliphatic carbocycles. The van der Waals surface area contributed by atoms with Crippen LogP contribution in [0.25, 0.3) is 11.0 Å². The molecule has 1 saturated carbocycles. The number of carbonyl (C=O) groups is 1. The zero-order chi connectivity index (χ0) is 20.5. The molecule has 0 radical (unpaired) electrons. The third-order valence-electron chi connectivity index (χ3n) is 6.73. The Morgan fingerprint density at radius 3 is 2.90 bits per heavy atom. The van der Waals surface area contributed by atoms with Gasteiger partial charge in [-0.25, -0.2) is 4.98 Å². The molecule has 158 valence electrons. The van der Waals surface area contributed by atoms with Crippen LogP contribution in [0, 0.1) is 12.8 Å². The molecular weight excluding hydrogens is 376 g/mol. The molecule has 7 nitrogen and oxygen atoms in total. The van der Waals surface area contributed by atoms with E-state index in [1.807, 2.05) is 21.8 Å². The molecular formula is C23H30N6O. The molecule has 2 aliphatic rings. The van der Waals surface area contributed by atoms with Gasteiger partial charge in [0.05, 0.1) is 23.3 Å². The largest absolute Gasteiger partial charge is 0.340 e. The first-order valence-corrected chi connectivity index (χ1v) is 11.3. The van der Waals surface area contributed by atoms with E-state index in [4.69, 9.17) is 4.98 Å². The fourth-order valence-electron chi connectivity index (χ4n) is 5.04. The number of rotatable bonds is 5. The summed E-state index contributed by atoms with van der Waals surface area (Å²) >= 11 is 0. The van der Waals surface area contributed by atoms with Crippen molar-refractivity contribution in [1.29, 1.82) is 0 Å². The number of benzene rings is 1. The number of H-pyrrole nitrogens is 1. The monoisotopic (exact) mass is 406 g/mol. The van der Waals surface area contributed by atoms with Crippen molar-refractivity contribution in [2.24, 2.45) is 5.92 Å². The number of hydrogen-bond donors (Lipinski definition) is 1. The Kier molecular flexibility index (Phi) is 5.27. The Morgan fingerprint density at radius 2 is 2.03 bits per heavy atom. The van der Waals surface area contributed by atoms with Crippen LogP contribution >= 0.6 is 0 Å². The first kappa shape index (κ1) is 19.3. The van der Waals surface area contributed by atoms with Crippen molar-refractivity contribution in [1.82, 2.24) is 29.9 Å². The molecule has 1 atom stereocenters. The van der Waals surface area contributed by atoms with Gasteiger partial charge in [0.2, 0.25) is 0 Å². The number of fused-ring (bicyclic) bond motifs is 1. The predicted octanol–water partition coefficient (Wildman–Crippen LogP) is 4.41. The van der Waals surface area contributed by atoms with E-state index in [2.05, 4.69) is 34.4 Å². The standard InChI is InChI=1S/C23H30N6O/c1-16-9-10-18-19(14-16)25-22(24-18)21-8-5-12-29(21)23(30)20-15-28(27-26-20)13-11-17-6-3-2-4-7-17/h9-10,14-15,17,21H,2-8,11-13H2,1H3,(H,24,25)/t21-/m1/s1. The van der Waals surface area contributed by atoms with Gasteiger partial charge in [0.15, 0.2) is 5.69 Å². The summed E-state index contributed by atoms with van der Waals surface area (Å²) in [6, 6.07) is 6.17. The normalized spacial score (nSPS) is 20.3. The lowest BCUT2D eigenvalue weighted by atomic mass is 9.87. The number of carbonyl (C=O) groups excluding carboxylic acids is 1. The Hall–Kier alpha value is -2.70. The lowest BCUT2D eigenvalue weighted by molar-refractivity contribution is 0.0724. The van der Waals surface area contributed by atoms with Gasteiger partial charge in [0, 0.05) is 13.1 Å². The summed E-state index contributed by atoms with van der Waals surface area (Å²) in [6.07, 6.45) is 11.6. The fourth-order valence-corrected chi connectivity index (χ4v) is 5.04. The average molecular weight is 407 g/mol. The first-order chi connectivity index (χ1) is 14.7.